The van der Waals surface area contributed by atoms with E-state index in [1.165, 1.54) is 5.57 Å². The molecule has 1 aromatic carbocycles. The molecule has 0 aromatic heterocycles. The first-order valence-corrected chi connectivity index (χ1v) is 8.08. The van der Waals surface area contributed by atoms with Gasteiger partial charge in [-0.25, -0.2) is 0 Å². The van der Waals surface area contributed by atoms with Crippen LogP contribution in [0.2, 0.25) is 0 Å². The molecule has 1 aliphatic heterocycles. The van der Waals surface area contributed by atoms with E-state index in [-0.39, 0.29) is 23.3 Å². The summed E-state index contributed by atoms with van der Waals surface area (Å²) in [6.45, 7) is 9.21. The lowest BCUT2D eigenvalue weighted by Crippen LogP contribution is -2.34. The Balaban J connectivity index is 1.73. The lowest BCUT2D eigenvalue weighted by molar-refractivity contribution is -0.124. The maximum atomic E-state index is 12.7. The third-order valence-electron chi connectivity index (χ3n) is 4.98. The molecule has 1 amide bonds. The van der Waals surface area contributed by atoms with Crippen LogP contribution in [0.1, 0.15) is 45.7 Å². The molecular weight excluding hydrogens is 274 g/mol. The quantitative estimate of drug-likeness (QED) is 0.861. The fourth-order valence-electron chi connectivity index (χ4n) is 3.60. The van der Waals surface area contributed by atoms with Gasteiger partial charge < -0.3 is 10.1 Å². The lowest BCUT2D eigenvalue weighted by Gasteiger charge is -2.26. The van der Waals surface area contributed by atoms with Crippen LogP contribution >= 0.6 is 0 Å². The molecule has 3 rings (SSSR count). The Labute approximate surface area is 132 Å². The van der Waals surface area contributed by atoms with E-state index in [9.17, 15) is 4.79 Å². The van der Waals surface area contributed by atoms with Gasteiger partial charge in [0.25, 0.3) is 0 Å². The maximum absolute atomic E-state index is 12.7. The lowest BCUT2D eigenvalue weighted by atomic mass is 10.00. The molecule has 1 heterocycles. The smallest absolute Gasteiger partial charge is 0.224 e. The zero-order valence-corrected chi connectivity index (χ0v) is 13.8. The standard InChI is InChI=1S/C19H25NO2/c1-12(2)11-14-17(19(14,3)4)18(21)20-15-9-10-22-16-8-6-5-7-13(15)16/h5-8,11,14-15,17H,9-10H2,1-4H3,(H,20,21). The number of benzene rings is 1. The number of para-hydroxylation sites is 1. The van der Waals surface area contributed by atoms with Crippen LogP contribution in [-0.2, 0) is 4.79 Å². The minimum atomic E-state index is 0.0615. The van der Waals surface area contributed by atoms with E-state index < -0.39 is 0 Å². The first-order chi connectivity index (χ1) is 10.4. The zero-order chi connectivity index (χ0) is 15.9. The van der Waals surface area contributed by atoms with E-state index in [2.05, 4.69) is 39.1 Å². The molecule has 3 heteroatoms. The zero-order valence-electron chi connectivity index (χ0n) is 13.8. The molecule has 0 bridgehead atoms. The van der Waals surface area contributed by atoms with Gasteiger partial charge in [-0.1, -0.05) is 43.7 Å². The number of ether oxygens (including phenoxy) is 1. The summed E-state index contributed by atoms with van der Waals surface area (Å²) in [6.07, 6.45) is 3.07. The van der Waals surface area contributed by atoms with Crippen molar-refractivity contribution in [1.29, 1.82) is 0 Å². The first kappa shape index (κ1) is 15.1. The number of allylic oxidation sites excluding steroid dienone is 2. The van der Waals surface area contributed by atoms with Gasteiger partial charge in [-0.2, -0.15) is 0 Å². The molecule has 118 valence electrons. The fraction of sp³-hybridized carbons (Fsp3) is 0.526. The van der Waals surface area contributed by atoms with E-state index in [1.54, 1.807) is 0 Å². The number of amides is 1. The van der Waals surface area contributed by atoms with Gasteiger partial charge in [0, 0.05) is 12.0 Å². The summed E-state index contributed by atoms with van der Waals surface area (Å²) in [4.78, 5) is 12.7. The molecule has 0 saturated heterocycles. The van der Waals surface area contributed by atoms with E-state index in [4.69, 9.17) is 4.74 Å². The van der Waals surface area contributed by atoms with Gasteiger partial charge in [0.2, 0.25) is 5.91 Å². The van der Waals surface area contributed by atoms with Crippen LogP contribution in [-0.4, -0.2) is 12.5 Å². The number of nitrogens with one attached hydrogen (secondary N) is 1. The first-order valence-electron chi connectivity index (χ1n) is 8.08. The second kappa shape index (κ2) is 5.45. The Morgan fingerprint density at radius 2 is 2.05 bits per heavy atom. The van der Waals surface area contributed by atoms with Gasteiger partial charge in [0.1, 0.15) is 5.75 Å². The second-order valence-electron chi connectivity index (χ2n) is 7.30. The van der Waals surface area contributed by atoms with Crippen LogP contribution in [0.3, 0.4) is 0 Å². The molecule has 1 aliphatic carbocycles. The second-order valence-corrected chi connectivity index (χ2v) is 7.30. The Morgan fingerprint density at radius 3 is 2.77 bits per heavy atom. The summed E-state index contributed by atoms with van der Waals surface area (Å²) in [5.41, 5.74) is 2.44. The number of carbonyl (C=O) groups is 1. The minimum Gasteiger partial charge on any atom is -0.493 e. The van der Waals surface area contributed by atoms with Crippen molar-refractivity contribution in [2.75, 3.05) is 6.61 Å². The predicted octanol–water partition coefficient (Wildman–Crippen LogP) is 3.86. The molecule has 0 spiro atoms. The highest BCUT2D eigenvalue weighted by Crippen LogP contribution is 2.59. The van der Waals surface area contributed by atoms with Gasteiger partial charge in [0.15, 0.2) is 0 Å². The van der Waals surface area contributed by atoms with E-state index in [0.29, 0.717) is 12.5 Å². The predicted molar refractivity (Wildman–Crippen MR) is 87.6 cm³/mol. The Morgan fingerprint density at radius 1 is 1.32 bits per heavy atom. The van der Waals surface area contributed by atoms with Crippen LogP contribution < -0.4 is 10.1 Å². The molecule has 3 unspecified atom stereocenters. The van der Waals surface area contributed by atoms with Crippen LogP contribution in [0.4, 0.5) is 0 Å². The summed E-state index contributed by atoms with van der Waals surface area (Å²) in [6, 6.07) is 8.06. The normalized spacial score (nSPS) is 28.1. The topological polar surface area (TPSA) is 38.3 Å². The van der Waals surface area contributed by atoms with Gasteiger partial charge >= 0.3 is 0 Å². The Bertz CT molecular complexity index is 614. The molecule has 2 aliphatic rings. The Kier molecular flexibility index (Phi) is 3.75. The summed E-state index contributed by atoms with van der Waals surface area (Å²) in [5, 5.41) is 3.25. The minimum absolute atomic E-state index is 0.0615. The summed E-state index contributed by atoms with van der Waals surface area (Å²) in [7, 11) is 0. The largest absolute Gasteiger partial charge is 0.493 e. The van der Waals surface area contributed by atoms with Crippen molar-refractivity contribution in [2.45, 2.75) is 40.2 Å². The molecule has 0 radical (unpaired) electrons. The average Bonchev–Trinajstić information content (AvgIpc) is 2.99. The highest BCUT2D eigenvalue weighted by atomic mass is 16.5. The number of rotatable bonds is 3. The van der Waals surface area contributed by atoms with Crippen molar-refractivity contribution >= 4 is 5.91 Å². The van der Waals surface area contributed by atoms with Gasteiger partial charge in [-0.3, -0.25) is 4.79 Å². The third-order valence-corrected chi connectivity index (χ3v) is 4.98. The van der Waals surface area contributed by atoms with E-state index in [1.807, 2.05) is 24.3 Å². The summed E-state index contributed by atoms with van der Waals surface area (Å²) >= 11 is 0. The van der Waals surface area contributed by atoms with Crippen molar-refractivity contribution < 1.29 is 9.53 Å². The molecule has 3 nitrogen and oxygen atoms in total. The van der Waals surface area contributed by atoms with Crippen molar-refractivity contribution in [2.24, 2.45) is 17.3 Å². The van der Waals surface area contributed by atoms with Crippen molar-refractivity contribution in [3.05, 3.63) is 41.5 Å². The number of carbonyl (C=O) groups excluding carboxylic acids is 1. The van der Waals surface area contributed by atoms with Crippen LogP contribution in [0.15, 0.2) is 35.9 Å². The molecule has 1 saturated carbocycles. The Hall–Kier alpha value is -1.77. The van der Waals surface area contributed by atoms with Crippen LogP contribution in [0.25, 0.3) is 0 Å². The average molecular weight is 299 g/mol. The molecule has 22 heavy (non-hydrogen) atoms. The molecular formula is C19H25NO2. The molecule has 1 N–H and O–H groups in total. The monoisotopic (exact) mass is 299 g/mol. The SMILES string of the molecule is CC(C)=CC1C(C(=O)NC2CCOc3ccccc32)C1(C)C. The highest BCUT2D eigenvalue weighted by molar-refractivity contribution is 5.84. The highest BCUT2D eigenvalue weighted by Gasteiger charge is 2.60. The van der Waals surface area contributed by atoms with Gasteiger partial charge in [-0.05, 0) is 31.2 Å². The van der Waals surface area contributed by atoms with E-state index >= 15 is 0 Å². The number of fused-ring (bicyclic) bond motifs is 1. The summed E-state index contributed by atoms with van der Waals surface area (Å²) < 4.78 is 5.67. The number of hydrogen-bond donors (Lipinski definition) is 1. The molecule has 1 aromatic rings. The van der Waals surface area contributed by atoms with Crippen LogP contribution in [0, 0.1) is 17.3 Å². The van der Waals surface area contributed by atoms with E-state index in [0.717, 1.165) is 17.7 Å². The van der Waals surface area contributed by atoms with Crippen molar-refractivity contribution in [3.63, 3.8) is 0 Å². The van der Waals surface area contributed by atoms with Crippen molar-refractivity contribution in [3.8, 4) is 5.75 Å². The summed E-state index contributed by atoms with van der Waals surface area (Å²) in [5.74, 6) is 1.51. The number of hydrogen-bond acceptors (Lipinski definition) is 2. The van der Waals surface area contributed by atoms with Gasteiger partial charge in [-0.15, -0.1) is 0 Å². The fourth-order valence-corrected chi connectivity index (χ4v) is 3.60. The van der Waals surface area contributed by atoms with Gasteiger partial charge in [0.05, 0.1) is 18.6 Å². The van der Waals surface area contributed by atoms with Crippen LogP contribution in [0.5, 0.6) is 5.75 Å². The molecule has 3 atom stereocenters. The molecule has 1 fully saturated rings. The third kappa shape index (κ3) is 2.65. The van der Waals surface area contributed by atoms with Crippen molar-refractivity contribution in [1.82, 2.24) is 5.32 Å². The maximum Gasteiger partial charge on any atom is 0.224 e.